The number of hydrogen-bond acceptors (Lipinski definition) is 2. The summed E-state index contributed by atoms with van der Waals surface area (Å²) in [4.78, 5) is 2.51. The SMILES string of the molecule is c1ccc(-n2c3ccccc3c3ccc(N(c4ccccc4-c4cccc5cccc(C6CCCCC6)c45)c4ccccc4-c4cccc5oc6ccccc6c45)cc32)cc1. The summed E-state index contributed by atoms with van der Waals surface area (Å²) in [5.41, 5.74) is 14.9. The number of anilines is 3. The fourth-order valence-corrected chi connectivity index (χ4v) is 10.5. The van der Waals surface area contributed by atoms with E-state index in [1.54, 1.807) is 0 Å². The lowest BCUT2D eigenvalue weighted by Gasteiger charge is -2.31. The Hall–Kier alpha value is -7.36. The summed E-state index contributed by atoms with van der Waals surface area (Å²) < 4.78 is 8.90. The van der Waals surface area contributed by atoms with Gasteiger partial charge < -0.3 is 13.9 Å². The van der Waals surface area contributed by atoms with E-state index in [-0.39, 0.29) is 0 Å². The summed E-state index contributed by atoms with van der Waals surface area (Å²) in [6.45, 7) is 0. The van der Waals surface area contributed by atoms with Crippen molar-refractivity contribution >= 4 is 71.6 Å². The van der Waals surface area contributed by atoms with Gasteiger partial charge in [-0.2, -0.15) is 0 Å². The van der Waals surface area contributed by atoms with E-state index in [0.29, 0.717) is 5.92 Å². The summed E-state index contributed by atoms with van der Waals surface area (Å²) in [7, 11) is 0. The Kier molecular flexibility index (Phi) is 8.59. The van der Waals surface area contributed by atoms with Crippen LogP contribution in [-0.4, -0.2) is 4.57 Å². The lowest BCUT2D eigenvalue weighted by Crippen LogP contribution is -2.13. The van der Waals surface area contributed by atoms with E-state index in [9.17, 15) is 0 Å². The van der Waals surface area contributed by atoms with Crippen molar-refractivity contribution < 1.29 is 4.42 Å². The minimum atomic E-state index is 0.565. The van der Waals surface area contributed by atoms with Gasteiger partial charge in [-0.25, -0.2) is 0 Å². The van der Waals surface area contributed by atoms with Crippen molar-refractivity contribution in [3.8, 4) is 27.9 Å². The zero-order valence-corrected chi connectivity index (χ0v) is 34.0. The van der Waals surface area contributed by atoms with Gasteiger partial charge >= 0.3 is 0 Å². The molecule has 1 fully saturated rings. The second kappa shape index (κ2) is 14.7. The molecule has 0 N–H and O–H groups in total. The van der Waals surface area contributed by atoms with Gasteiger partial charge in [-0.05, 0) is 101 Å². The van der Waals surface area contributed by atoms with Crippen LogP contribution < -0.4 is 4.90 Å². The van der Waals surface area contributed by atoms with Gasteiger partial charge in [-0.3, -0.25) is 0 Å². The number of fused-ring (bicyclic) bond motifs is 7. The van der Waals surface area contributed by atoms with E-state index in [0.717, 1.165) is 61.3 Å². The molecule has 11 aromatic rings. The highest BCUT2D eigenvalue weighted by atomic mass is 16.3. The molecule has 2 heterocycles. The first kappa shape index (κ1) is 35.6. The van der Waals surface area contributed by atoms with Gasteiger partial charge in [0.05, 0.1) is 22.4 Å². The van der Waals surface area contributed by atoms with Crippen LogP contribution in [0.25, 0.3) is 82.5 Å². The predicted molar refractivity (Wildman–Crippen MR) is 257 cm³/mol. The van der Waals surface area contributed by atoms with Crippen LogP contribution in [-0.2, 0) is 0 Å². The maximum absolute atomic E-state index is 6.48. The Morgan fingerprint density at radius 1 is 0.426 bits per heavy atom. The van der Waals surface area contributed by atoms with Crippen LogP contribution in [0.15, 0.2) is 205 Å². The fraction of sp³-hybridized carbons (Fsp3) is 0.103. The average molecular weight is 785 g/mol. The quantitative estimate of drug-likeness (QED) is 0.161. The normalized spacial score (nSPS) is 13.5. The maximum Gasteiger partial charge on any atom is 0.136 e. The van der Waals surface area contributed by atoms with E-state index in [4.69, 9.17) is 4.42 Å². The maximum atomic E-state index is 6.48. The van der Waals surface area contributed by atoms with Crippen molar-refractivity contribution in [3.63, 3.8) is 0 Å². The largest absolute Gasteiger partial charge is 0.456 e. The molecule has 3 nitrogen and oxygen atoms in total. The van der Waals surface area contributed by atoms with Crippen LogP contribution in [0, 0.1) is 0 Å². The molecule has 0 spiro atoms. The topological polar surface area (TPSA) is 21.3 Å². The Bertz CT molecular complexity index is 3420. The Labute approximate surface area is 355 Å². The van der Waals surface area contributed by atoms with Gasteiger partial charge in [-0.1, -0.05) is 165 Å². The lowest BCUT2D eigenvalue weighted by atomic mass is 9.80. The van der Waals surface area contributed by atoms with E-state index >= 15 is 0 Å². The van der Waals surface area contributed by atoms with Gasteiger partial charge in [-0.15, -0.1) is 0 Å². The molecule has 0 saturated heterocycles. The number of rotatable bonds is 7. The van der Waals surface area contributed by atoms with Crippen molar-refractivity contribution in [1.82, 2.24) is 4.57 Å². The number of benzene rings is 9. The Morgan fingerprint density at radius 3 is 1.80 bits per heavy atom. The molecule has 61 heavy (non-hydrogen) atoms. The van der Waals surface area contributed by atoms with Gasteiger partial charge in [0.15, 0.2) is 0 Å². The lowest BCUT2D eigenvalue weighted by molar-refractivity contribution is 0.445. The van der Waals surface area contributed by atoms with Crippen molar-refractivity contribution in [2.24, 2.45) is 0 Å². The molecule has 0 bridgehead atoms. The third-order valence-electron chi connectivity index (χ3n) is 13.2. The molecule has 1 aliphatic carbocycles. The predicted octanol–water partition coefficient (Wildman–Crippen LogP) is 16.7. The van der Waals surface area contributed by atoms with Gasteiger partial charge in [0, 0.05) is 44.0 Å². The van der Waals surface area contributed by atoms with E-state index in [2.05, 4.69) is 210 Å². The van der Waals surface area contributed by atoms with Crippen molar-refractivity contribution in [2.75, 3.05) is 4.90 Å². The molecule has 292 valence electrons. The summed E-state index contributed by atoms with van der Waals surface area (Å²) in [5, 5.41) is 7.40. The van der Waals surface area contributed by atoms with Crippen LogP contribution in [0.3, 0.4) is 0 Å². The highest BCUT2D eigenvalue weighted by molar-refractivity contribution is 6.15. The minimum Gasteiger partial charge on any atom is -0.456 e. The van der Waals surface area contributed by atoms with Crippen LogP contribution in [0.4, 0.5) is 17.1 Å². The summed E-state index contributed by atoms with van der Waals surface area (Å²) >= 11 is 0. The molecule has 0 radical (unpaired) electrons. The first-order chi connectivity index (χ1) is 30.3. The van der Waals surface area contributed by atoms with Crippen molar-refractivity contribution in [2.45, 2.75) is 38.0 Å². The molecule has 9 aromatic carbocycles. The third kappa shape index (κ3) is 5.87. The monoisotopic (exact) mass is 784 g/mol. The standard InChI is InChI=1S/C58H44N2O/c1-3-18-39(19-4-1)43-28-15-20-40-21-16-29-48(57(40)43)45-25-8-12-32-52(45)60(42-36-37-47-44-24-7-11-31-51(44)59(54(47)38-42)41-22-5-2-6-23-41)53-33-13-9-26-46(53)49-30-17-35-56-58(49)50-27-10-14-34-55(50)61-56/h2,5-17,20-39H,1,3-4,18-19H2. The molecule has 12 rings (SSSR count). The second-order valence-corrected chi connectivity index (χ2v) is 16.6. The highest BCUT2D eigenvalue weighted by Gasteiger charge is 2.26. The highest BCUT2D eigenvalue weighted by Crippen LogP contribution is 2.50. The molecule has 0 amide bonds. The van der Waals surface area contributed by atoms with Gasteiger partial charge in [0.1, 0.15) is 11.2 Å². The number of nitrogens with zero attached hydrogens (tertiary/aromatic N) is 2. The summed E-state index contributed by atoms with van der Waals surface area (Å²) in [6, 6.07) is 73.3. The van der Waals surface area contributed by atoms with Crippen LogP contribution in [0.5, 0.6) is 0 Å². The van der Waals surface area contributed by atoms with Crippen LogP contribution in [0.2, 0.25) is 0 Å². The molecule has 0 unspecified atom stereocenters. The van der Waals surface area contributed by atoms with Crippen LogP contribution in [0.1, 0.15) is 43.6 Å². The molecular formula is C58H44N2O. The Balaban J connectivity index is 1.16. The number of furan rings is 1. The van der Waals surface area contributed by atoms with Crippen molar-refractivity contribution in [1.29, 1.82) is 0 Å². The van der Waals surface area contributed by atoms with E-state index < -0.39 is 0 Å². The third-order valence-corrected chi connectivity index (χ3v) is 13.2. The molecule has 1 saturated carbocycles. The zero-order chi connectivity index (χ0) is 40.3. The number of hydrogen-bond donors (Lipinski definition) is 0. The van der Waals surface area contributed by atoms with Crippen LogP contribution >= 0.6 is 0 Å². The summed E-state index contributed by atoms with van der Waals surface area (Å²) in [6.07, 6.45) is 6.42. The number of aromatic nitrogens is 1. The average Bonchev–Trinajstić information content (AvgIpc) is 3.88. The zero-order valence-electron chi connectivity index (χ0n) is 34.0. The van der Waals surface area contributed by atoms with Crippen molar-refractivity contribution in [3.05, 3.63) is 206 Å². The minimum absolute atomic E-state index is 0.565. The van der Waals surface area contributed by atoms with E-state index in [1.807, 2.05) is 0 Å². The van der Waals surface area contributed by atoms with Gasteiger partial charge in [0.25, 0.3) is 0 Å². The van der Waals surface area contributed by atoms with Gasteiger partial charge in [0.2, 0.25) is 0 Å². The summed E-state index contributed by atoms with van der Waals surface area (Å²) in [5.74, 6) is 0.565. The first-order valence-corrected chi connectivity index (χ1v) is 21.8. The first-order valence-electron chi connectivity index (χ1n) is 21.8. The molecule has 3 heteroatoms. The molecular weight excluding hydrogens is 741 g/mol. The smallest absolute Gasteiger partial charge is 0.136 e. The fourth-order valence-electron chi connectivity index (χ4n) is 10.5. The molecule has 1 aliphatic rings. The second-order valence-electron chi connectivity index (χ2n) is 16.6. The molecule has 2 aromatic heterocycles. The Morgan fingerprint density at radius 2 is 1.02 bits per heavy atom. The number of para-hydroxylation sites is 5. The molecule has 0 aliphatic heterocycles. The molecule has 0 atom stereocenters. The van der Waals surface area contributed by atoms with E-state index in [1.165, 1.54) is 75.9 Å².